The zero-order valence-corrected chi connectivity index (χ0v) is 12.2. The summed E-state index contributed by atoms with van der Waals surface area (Å²) in [5.74, 6) is 0.761. The number of likely N-dealkylation sites (tertiary alicyclic amines) is 1. The number of carbonyl (C=O) groups excluding carboxylic acids is 1. The van der Waals surface area contributed by atoms with Gasteiger partial charge >= 0.3 is 0 Å². The van der Waals surface area contributed by atoms with Crippen molar-refractivity contribution in [3.05, 3.63) is 11.8 Å². The van der Waals surface area contributed by atoms with Crippen LogP contribution < -0.4 is 0 Å². The first-order valence-electron chi connectivity index (χ1n) is 7.71. The second kappa shape index (κ2) is 6.14. The maximum absolute atomic E-state index is 12.5. The minimum absolute atomic E-state index is 0.178. The van der Waals surface area contributed by atoms with E-state index in [4.69, 9.17) is 9.47 Å². The van der Waals surface area contributed by atoms with Crippen LogP contribution in [-0.4, -0.2) is 67.7 Å². The summed E-state index contributed by atoms with van der Waals surface area (Å²) < 4.78 is 10.6. The largest absolute Gasteiger partial charge is 0.500 e. The van der Waals surface area contributed by atoms with E-state index in [0.717, 1.165) is 57.8 Å². The van der Waals surface area contributed by atoms with E-state index in [1.807, 2.05) is 4.90 Å². The second-order valence-electron chi connectivity index (χ2n) is 5.86. The summed E-state index contributed by atoms with van der Waals surface area (Å²) in [4.78, 5) is 17.0. The minimum atomic E-state index is 0.178. The standard InChI is InChI=1S/C15H24N2O3/c1-2-12-9-17(15(18)13-3-6-20-11-13)10-14(12)16-4-7-19-8-5-16/h11-12,14H,2-10H2,1H3. The molecular weight excluding hydrogens is 256 g/mol. The molecule has 0 aromatic rings. The third-order valence-corrected chi connectivity index (χ3v) is 4.72. The van der Waals surface area contributed by atoms with Gasteiger partial charge in [-0.2, -0.15) is 0 Å². The molecule has 1 amide bonds. The Morgan fingerprint density at radius 3 is 2.75 bits per heavy atom. The average Bonchev–Trinajstić information content (AvgIpc) is 3.17. The van der Waals surface area contributed by atoms with Crippen molar-refractivity contribution in [2.75, 3.05) is 46.0 Å². The van der Waals surface area contributed by atoms with E-state index in [1.165, 1.54) is 0 Å². The fraction of sp³-hybridized carbons (Fsp3) is 0.800. The first-order valence-corrected chi connectivity index (χ1v) is 7.71. The van der Waals surface area contributed by atoms with E-state index < -0.39 is 0 Å². The highest BCUT2D eigenvalue weighted by atomic mass is 16.5. The molecule has 5 heteroatoms. The first kappa shape index (κ1) is 13.9. The van der Waals surface area contributed by atoms with Gasteiger partial charge < -0.3 is 14.4 Å². The zero-order chi connectivity index (χ0) is 13.9. The fourth-order valence-corrected chi connectivity index (χ4v) is 3.49. The maximum Gasteiger partial charge on any atom is 0.253 e. The normalized spacial score (nSPS) is 31.2. The zero-order valence-electron chi connectivity index (χ0n) is 12.2. The number of morpholine rings is 1. The van der Waals surface area contributed by atoms with Crippen molar-refractivity contribution in [3.8, 4) is 0 Å². The Labute approximate surface area is 120 Å². The summed E-state index contributed by atoms with van der Waals surface area (Å²) in [5.41, 5.74) is 0.836. The predicted octanol–water partition coefficient (Wildman–Crippen LogP) is 0.860. The lowest BCUT2D eigenvalue weighted by Crippen LogP contribution is -2.47. The van der Waals surface area contributed by atoms with Crippen LogP contribution in [0.15, 0.2) is 11.8 Å². The number of ether oxygens (including phenoxy) is 2. The Balaban J connectivity index is 1.65. The van der Waals surface area contributed by atoms with Gasteiger partial charge in [-0.05, 0) is 5.92 Å². The van der Waals surface area contributed by atoms with Crippen LogP contribution in [0.4, 0.5) is 0 Å². The molecule has 112 valence electrons. The van der Waals surface area contributed by atoms with Crippen LogP contribution in [0.3, 0.4) is 0 Å². The van der Waals surface area contributed by atoms with E-state index in [2.05, 4.69) is 11.8 Å². The Morgan fingerprint density at radius 1 is 1.30 bits per heavy atom. The van der Waals surface area contributed by atoms with Crippen molar-refractivity contribution in [1.82, 2.24) is 9.80 Å². The van der Waals surface area contributed by atoms with E-state index in [1.54, 1.807) is 6.26 Å². The quantitative estimate of drug-likeness (QED) is 0.769. The molecule has 0 bridgehead atoms. The number of hydrogen-bond donors (Lipinski definition) is 0. The van der Waals surface area contributed by atoms with Gasteiger partial charge in [0.25, 0.3) is 5.91 Å². The van der Waals surface area contributed by atoms with E-state index >= 15 is 0 Å². The van der Waals surface area contributed by atoms with Gasteiger partial charge in [-0.15, -0.1) is 0 Å². The van der Waals surface area contributed by atoms with Gasteiger partial charge in [-0.3, -0.25) is 9.69 Å². The highest BCUT2D eigenvalue weighted by Gasteiger charge is 2.38. The molecule has 3 heterocycles. The molecule has 0 spiro atoms. The monoisotopic (exact) mass is 280 g/mol. The molecule has 2 atom stereocenters. The highest BCUT2D eigenvalue weighted by Crippen LogP contribution is 2.27. The van der Waals surface area contributed by atoms with Gasteiger partial charge in [-0.1, -0.05) is 13.3 Å². The minimum Gasteiger partial charge on any atom is -0.500 e. The molecule has 5 nitrogen and oxygen atoms in total. The average molecular weight is 280 g/mol. The van der Waals surface area contributed by atoms with Gasteiger partial charge in [0.2, 0.25) is 0 Å². The van der Waals surface area contributed by atoms with Crippen molar-refractivity contribution in [3.63, 3.8) is 0 Å². The molecule has 3 aliphatic heterocycles. The van der Waals surface area contributed by atoms with Crippen molar-refractivity contribution in [1.29, 1.82) is 0 Å². The van der Waals surface area contributed by atoms with Gasteiger partial charge in [0, 0.05) is 38.6 Å². The summed E-state index contributed by atoms with van der Waals surface area (Å²) in [7, 11) is 0. The second-order valence-corrected chi connectivity index (χ2v) is 5.86. The smallest absolute Gasteiger partial charge is 0.253 e. The van der Waals surface area contributed by atoms with Crippen LogP contribution in [0.25, 0.3) is 0 Å². The lowest BCUT2D eigenvalue weighted by atomic mass is 9.99. The topological polar surface area (TPSA) is 42.0 Å². The predicted molar refractivity (Wildman–Crippen MR) is 75.2 cm³/mol. The Kier molecular flexibility index (Phi) is 4.27. The Hall–Kier alpha value is -1.07. The van der Waals surface area contributed by atoms with Crippen LogP contribution in [-0.2, 0) is 14.3 Å². The maximum atomic E-state index is 12.5. The number of nitrogens with zero attached hydrogens (tertiary/aromatic N) is 2. The molecule has 2 saturated heterocycles. The number of rotatable bonds is 3. The molecule has 20 heavy (non-hydrogen) atoms. The summed E-state index contributed by atoms with van der Waals surface area (Å²) in [6.45, 7) is 8.25. The molecule has 0 radical (unpaired) electrons. The fourth-order valence-electron chi connectivity index (χ4n) is 3.49. The number of carbonyl (C=O) groups is 1. The van der Waals surface area contributed by atoms with Crippen LogP contribution in [0.5, 0.6) is 0 Å². The van der Waals surface area contributed by atoms with Gasteiger partial charge in [-0.25, -0.2) is 0 Å². The highest BCUT2D eigenvalue weighted by molar-refractivity contribution is 5.93. The van der Waals surface area contributed by atoms with Crippen molar-refractivity contribution < 1.29 is 14.3 Å². The van der Waals surface area contributed by atoms with Crippen LogP contribution in [0, 0.1) is 5.92 Å². The van der Waals surface area contributed by atoms with Gasteiger partial charge in [0.1, 0.15) is 0 Å². The molecule has 0 saturated carbocycles. The molecule has 0 aromatic carbocycles. The third kappa shape index (κ3) is 2.69. The summed E-state index contributed by atoms with van der Waals surface area (Å²) in [6.07, 6.45) is 3.53. The van der Waals surface area contributed by atoms with E-state index in [-0.39, 0.29) is 5.91 Å². The lowest BCUT2D eigenvalue weighted by Gasteiger charge is -2.34. The molecule has 2 unspecified atom stereocenters. The Bertz CT molecular complexity index is 391. The van der Waals surface area contributed by atoms with E-state index in [0.29, 0.717) is 18.6 Å². The molecule has 0 N–H and O–H groups in total. The molecule has 3 aliphatic rings. The summed E-state index contributed by atoms with van der Waals surface area (Å²) in [6, 6.07) is 0.496. The van der Waals surface area contributed by atoms with E-state index in [9.17, 15) is 4.79 Å². The van der Waals surface area contributed by atoms with Gasteiger partial charge in [0.05, 0.1) is 31.7 Å². The van der Waals surface area contributed by atoms with Crippen molar-refractivity contribution in [2.45, 2.75) is 25.8 Å². The van der Waals surface area contributed by atoms with Crippen LogP contribution >= 0.6 is 0 Å². The van der Waals surface area contributed by atoms with Crippen LogP contribution in [0.1, 0.15) is 19.8 Å². The first-order chi connectivity index (χ1) is 9.79. The molecule has 2 fully saturated rings. The molecular formula is C15H24N2O3. The van der Waals surface area contributed by atoms with Crippen molar-refractivity contribution in [2.24, 2.45) is 5.92 Å². The molecule has 3 rings (SSSR count). The summed E-state index contributed by atoms with van der Waals surface area (Å²) in [5, 5.41) is 0. The molecule has 0 aromatic heterocycles. The number of amides is 1. The van der Waals surface area contributed by atoms with Gasteiger partial charge in [0.15, 0.2) is 0 Å². The number of hydrogen-bond acceptors (Lipinski definition) is 4. The Morgan fingerprint density at radius 2 is 2.10 bits per heavy atom. The van der Waals surface area contributed by atoms with Crippen LogP contribution in [0.2, 0.25) is 0 Å². The SMILES string of the molecule is CCC1CN(C(=O)C2=COCC2)CC1N1CCOCC1. The molecule has 0 aliphatic carbocycles. The third-order valence-electron chi connectivity index (χ3n) is 4.72. The van der Waals surface area contributed by atoms with Crippen molar-refractivity contribution >= 4 is 5.91 Å². The lowest BCUT2D eigenvalue weighted by molar-refractivity contribution is -0.126. The summed E-state index contributed by atoms with van der Waals surface area (Å²) >= 11 is 0.